The smallest absolute Gasteiger partial charge is 0.0715 e. The monoisotopic (exact) mass is 840 g/mol. The van der Waals surface area contributed by atoms with Crippen LogP contribution in [0.2, 0.25) is 0 Å². The SMILES string of the molecule is c1ccc(-c2ccc(-c3cc(-c4cccc(-c5cc(-c6ccc(-c7ccccc7)cc6)nc(-c6ccc(-c7ccccc7)cc6)c5)c4)cc(-c4ccc(-c5ccccc5)cc4)n3)cc2)cc1. The summed E-state index contributed by atoms with van der Waals surface area (Å²) in [5.74, 6) is 0. The molecule has 66 heavy (non-hydrogen) atoms. The first kappa shape index (κ1) is 40.1. The highest BCUT2D eigenvalue weighted by Gasteiger charge is 2.14. The van der Waals surface area contributed by atoms with Crippen molar-refractivity contribution in [3.8, 4) is 112 Å². The lowest BCUT2D eigenvalue weighted by atomic mass is 9.94. The Hall–Kier alpha value is -8.72. The molecule has 2 heterocycles. The Balaban J connectivity index is 1.00. The standard InChI is InChI=1S/C64H44N2/c1-5-14-45(15-6-1)49-24-32-53(33-25-49)61-41-59(42-62(65-61)54-34-26-50(27-35-54)46-16-7-2-8-17-46)57-22-13-23-58(40-57)60-43-63(55-36-28-51(29-37-55)47-18-9-3-10-19-47)66-64(44-60)56-38-30-52(31-39-56)48-20-11-4-12-21-48/h1-44H. The maximum Gasteiger partial charge on any atom is 0.0715 e. The van der Waals surface area contributed by atoms with Crippen molar-refractivity contribution in [2.24, 2.45) is 0 Å². The van der Waals surface area contributed by atoms with E-state index in [0.717, 1.165) is 67.3 Å². The van der Waals surface area contributed by atoms with Crippen LogP contribution in [-0.2, 0) is 0 Å². The second-order valence-electron chi connectivity index (χ2n) is 16.6. The number of pyridine rings is 2. The van der Waals surface area contributed by atoms with E-state index in [4.69, 9.17) is 9.97 Å². The minimum Gasteiger partial charge on any atom is -0.248 e. The van der Waals surface area contributed by atoms with Gasteiger partial charge in [-0.2, -0.15) is 0 Å². The molecular formula is C64H44N2. The van der Waals surface area contributed by atoms with E-state index in [-0.39, 0.29) is 0 Å². The van der Waals surface area contributed by atoms with Crippen LogP contribution in [0.5, 0.6) is 0 Å². The zero-order valence-corrected chi connectivity index (χ0v) is 36.3. The van der Waals surface area contributed by atoms with E-state index in [9.17, 15) is 0 Å². The topological polar surface area (TPSA) is 25.8 Å². The van der Waals surface area contributed by atoms with Crippen molar-refractivity contribution in [2.45, 2.75) is 0 Å². The minimum absolute atomic E-state index is 0.922. The van der Waals surface area contributed by atoms with Gasteiger partial charge in [0.15, 0.2) is 0 Å². The molecule has 0 bridgehead atoms. The van der Waals surface area contributed by atoms with E-state index in [1.807, 2.05) is 0 Å². The van der Waals surface area contributed by atoms with Crippen LogP contribution in [0.3, 0.4) is 0 Å². The molecule has 0 spiro atoms. The largest absolute Gasteiger partial charge is 0.248 e. The van der Waals surface area contributed by atoms with Crippen molar-refractivity contribution in [1.29, 1.82) is 0 Å². The lowest BCUT2D eigenvalue weighted by molar-refractivity contribution is 1.32. The van der Waals surface area contributed by atoms with Gasteiger partial charge in [-0.05, 0) is 97.1 Å². The van der Waals surface area contributed by atoms with Gasteiger partial charge in [0.1, 0.15) is 0 Å². The third-order valence-corrected chi connectivity index (χ3v) is 12.3. The Morgan fingerprint density at radius 2 is 0.333 bits per heavy atom. The average Bonchev–Trinajstić information content (AvgIpc) is 3.42. The van der Waals surface area contributed by atoms with Crippen LogP contribution in [0.4, 0.5) is 0 Å². The summed E-state index contributed by atoms with van der Waals surface area (Å²) in [5, 5.41) is 0. The molecule has 2 nitrogen and oxygen atoms in total. The summed E-state index contributed by atoms with van der Waals surface area (Å²) in [6.07, 6.45) is 0. The third-order valence-electron chi connectivity index (χ3n) is 12.3. The number of hydrogen-bond donors (Lipinski definition) is 0. The van der Waals surface area contributed by atoms with Gasteiger partial charge in [0.05, 0.1) is 22.8 Å². The highest BCUT2D eigenvalue weighted by Crippen LogP contribution is 2.37. The molecule has 11 rings (SSSR count). The molecule has 0 radical (unpaired) electrons. The van der Waals surface area contributed by atoms with Gasteiger partial charge < -0.3 is 0 Å². The molecule has 0 aliphatic rings. The van der Waals surface area contributed by atoms with Gasteiger partial charge in [-0.25, -0.2) is 9.97 Å². The van der Waals surface area contributed by atoms with E-state index in [2.05, 4.69) is 267 Å². The highest BCUT2D eigenvalue weighted by atomic mass is 14.7. The molecule has 9 aromatic carbocycles. The molecule has 0 saturated carbocycles. The molecule has 310 valence electrons. The summed E-state index contributed by atoms with van der Waals surface area (Å²) in [6, 6.07) is 94.9. The Labute approximate surface area is 386 Å². The fourth-order valence-electron chi connectivity index (χ4n) is 8.72. The van der Waals surface area contributed by atoms with Crippen LogP contribution >= 0.6 is 0 Å². The van der Waals surface area contributed by atoms with Crippen LogP contribution in [0.25, 0.3) is 112 Å². The molecule has 11 aromatic rings. The van der Waals surface area contributed by atoms with E-state index in [0.29, 0.717) is 0 Å². The van der Waals surface area contributed by atoms with Crippen LogP contribution in [0.1, 0.15) is 0 Å². The normalized spacial score (nSPS) is 11.0. The zero-order valence-electron chi connectivity index (χ0n) is 36.3. The van der Waals surface area contributed by atoms with E-state index in [1.54, 1.807) is 0 Å². The molecular weight excluding hydrogens is 797 g/mol. The molecule has 0 aliphatic heterocycles. The molecule has 0 N–H and O–H groups in total. The van der Waals surface area contributed by atoms with Gasteiger partial charge in [-0.1, -0.05) is 237 Å². The molecule has 0 amide bonds. The van der Waals surface area contributed by atoms with Crippen LogP contribution in [-0.4, -0.2) is 9.97 Å². The van der Waals surface area contributed by atoms with E-state index in [1.165, 1.54) is 44.5 Å². The van der Waals surface area contributed by atoms with E-state index >= 15 is 0 Å². The Morgan fingerprint density at radius 3 is 0.576 bits per heavy atom. The second kappa shape index (κ2) is 18.2. The molecule has 0 fully saturated rings. The molecule has 2 heteroatoms. The quantitative estimate of drug-likeness (QED) is 0.137. The van der Waals surface area contributed by atoms with E-state index < -0.39 is 0 Å². The number of benzene rings is 9. The summed E-state index contributed by atoms with van der Waals surface area (Å²) < 4.78 is 0. The van der Waals surface area contributed by atoms with Crippen molar-refractivity contribution in [3.05, 3.63) is 267 Å². The van der Waals surface area contributed by atoms with Crippen molar-refractivity contribution < 1.29 is 0 Å². The van der Waals surface area contributed by atoms with Crippen LogP contribution < -0.4 is 0 Å². The van der Waals surface area contributed by atoms with Gasteiger partial charge in [-0.3, -0.25) is 0 Å². The predicted octanol–water partition coefficient (Wildman–Crippen LogP) is 17.1. The Morgan fingerprint density at radius 1 is 0.136 bits per heavy atom. The Bertz CT molecular complexity index is 2950. The van der Waals surface area contributed by atoms with Crippen LogP contribution in [0.15, 0.2) is 267 Å². The molecule has 0 saturated heterocycles. The molecule has 0 aliphatic carbocycles. The summed E-state index contributed by atoms with van der Waals surface area (Å²) in [5.41, 5.74) is 21.8. The minimum atomic E-state index is 0.922. The second-order valence-corrected chi connectivity index (χ2v) is 16.6. The number of aromatic nitrogens is 2. The summed E-state index contributed by atoms with van der Waals surface area (Å²) in [6.45, 7) is 0. The van der Waals surface area contributed by atoms with Crippen molar-refractivity contribution in [2.75, 3.05) is 0 Å². The third kappa shape index (κ3) is 8.64. The van der Waals surface area contributed by atoms with Crippen molar-refractivity contribution in [3.63, 3.8) is 0 Å². The average molecular weight is 841 g/mol. The van der Waals surface area contributed by atoms with Gasteiger partial charge in [0.25, 0.3) is 0 Å². The first-order valence-corrected chi connectivity index (χ1v) is 22.5. The summed E-state index contributed by atoms with van der Waals surface area (Å²) in [7, 11) is 0. The molecule has 0 atom stereocenters. The summed E-state index contributed by atoms with van der Waals surface area (Å²) in [4.78, 5) is 10.6. The highest BCUT2D eigenvalue weighted by molar-refractivity contribution is 5.84. The molecule has 2 aromatic heterocycles. The van der Waals surface area contributed by atoms with Crippen molar-refractivity contribution in [1.82, 2.24) is 9.97 Å². The number of rotatable bonds is 10. The fourth-order valence-corrected chi connectivity index (χ4v) is 8.72. The lowest BCUT2D eigenvalue weighted by Crippen LogP contribution is -1.93. The summed E-state index contributed by atoms with van der Waals surface area (Å²) >= 11 is 0. The van der Waals surface area contributed by atoms with Gasteiger partial charge >= 0.3 is 0 Å². The predicted molar refractivity (Wildman–Crippen MR) is 276 cm³/mol. The Kier molecular flexibility index (Phi) is 11.0. The van der Waals surface area contributed by atoms with Gasteiger partial charge in [0.2, 0.25) is 0 Å². The molecule has 0 unspecified atom stereocenters. The maximum atomic E-state index is 5.32. The maximum absolute atomic E-state index is 5.32. The zero-order chi connectivity index (χ0) is 44.1. The lowest BCUT2D eigenvalue weighted by Gasteiger charge is -2.14. The number of hydrogen-bond acceptors (Lipinski definition) is 2. The number of nitrogens with zero attached hydrogens (tertiary/aromatic N) is 2. The van der Waals surface area contributed by atoms with Crippen LogP contribution in [0, 0.1) is 0 Å². The first-order valence-electron chi connectivity index (χ1n) is 22.5. The van der Waals surface area contributed by atoms with Gasteiger partial charge in [-0.15, -0.1) is 0 Å². The van der Waals surface area contributed by atoms with Crippen molar-refractivity contribution >= 4 is 0 Å². The first-order chi connectivity index (χ1) is 32.7. The van der Waals surface area contributed by atoms with Gasteiger partial charge in [0, 0.05) is 22.3 Å². The fraction of sp³-hybridized carbons (Fsp3) is 0.